The highest BCUT2D eigenvalue weighted by molar-refractivity contribution is 5.98. The van der Waals surface area contributed by atoms with Gasteiger partial charge in [0.05, 0.1) is 17.9 Å². The fraction of sp³-hybridized carbons (Fsp3) is 0.556. The van der Waals surface area contributed by atoms with Crippen LogP contribution in [0.2, 0.25) is 0 Å². The summed E-state index contributed by atoms with van der Waals surface area (Å²) < 4.78 is 11.1. The van der Waals surface area contributed by atoms with Crippen molar-refractivity contribution in [3.63, 3.8) is 0 Å². The average molecular weight is 318 g/mol. The Labute approximate surface area is 138 Å². The van der Waals surface area contributed by atoms with Crippen LogP contribution in [0.1, 0.15) is 52.5 Å². The summed E-state index contributed by atoms with van der Waals surface area (Å²) in [7, 11) is 0. The van der Waals surface area contributed by atoms with E-state index in [1.165, 1.54) is 0 Å². The zero-order valence-electron chi connectivity index (χ0n) is 14.4. The summed E-state index contributed by atoms with van der Waals surface area (Å²) in [6.07, 6.45) is 2.30. The number of nitrogens with zero attached hydrogens (tertiary/aromatic N) is 1. The second kappa shape index (κ2) is 9.16. The number of ether oxygens (including phenoxy) is 2. The molecule has 1 rings (SSSR count). The van der Waals surface area contributed by atoms with Crippen LogP contribution in [0.25, 0.3) is 0 Å². The molecule has 5 nitrogen and oxygen atoms in total. The molecule has 0 aliphatic carbocycles. The van der Waals surface area contributed by atoms with Crippen LogP contribution >= 0.6 is 0 Å². The van der Waals surface area contributed by atoms with Gasteiger partial charge in [-0.05, 0) is 44.9 Å². The van der Waals surface area contributed by atoms with Gasteiger partial charge in [-0.2, -0.15) is 5.26 Å². The van der Waals surface area contributed by atoms with E-state index in [4.69, 9.17) is 9.47 Å². The first-order valence-corrected chi connectivity index (χ1v) is 8.13. The van der Waals surface area contributed by atoms with E-state index in [2.05, 4.69) is 11.4 Å². The van der Waals surface area contributed by atoms with Gasteiger partial charge in [-0.1, -0.05) is 20.3 Å². The molecule has 0 radical (unpaired) electrons. The molecule has 1 aromatic carbocycles. The molecule has 0 spiro atoms. The van der Waals surface area contributed by atoms with E-state index in [0.29, 0.717) is 36.6 Å². The number of nitriles is 1. The van der Waals surface area contributed by atoms with E-state index in [1.54, 1.807) is 25.1 Å². The smallest absolute Gasteiger partial charge is 0.256 e. The molecule has 1 aromatic rings. The summed E-state index contributed by atoms with van der Waals surface area (Å²) in [5.74, 6) is 0.383. The molecule has 0 unspecified atom stereocenters. The maximum atomic E-state index is 12.6. The van der Waals surface area contributed by atoms with Crippen molar-refractivity contribution < 1.29 is 14.3 Å². The Kier molecular flexibility index (Phi) is 7.56. The van der Waals surface area contributed by atoms with Gasteiger partial charge in [0.25, 0.3) is 5.91 Å². The van der Waals surface area contributed by atoms with Crippen LogP contribution < -0.4 is 10.1 Å². The number of anilines is 1. The van der Waals surface area contributed by atoms with E-state index in [-0.39, 0.29) is 5.91 Å². The van der Waals surface area contributed by atoms with E-state index >= 15 is 0 Å². The first kappa shape index (κ1) is 19.0. The van der Waals surface area contributed by atoms with Crippen molar-refractivity contribution in [3.8, 4) is 11.8 Å². The minimum Gasteiger partial charge on any atom is -0.494 e. The van der Waals surface area contributed by atoms with Gasteiger partial charge in [0, 0.05) is 6.61 Å². The fourth-order valence-electron chi connectivity index (χ4n) is 2.29. The van der Waals surface area contributed by atoms with E-state index in [9.17, 15) is 10.1 Å². The Morgan fingerprint density at radius 2 is 2.04 bits per heavy atom. The van der Waals surface area contributed by atoms with Gasteiger partial charge in [-0.25, -0.2) is 0 Å². The summed E-state index contributed by atoms with van der Waals surface area (Å²) in [5.41, 5.74) is -0.0437. The predicted octanol–water partition coefficient (Wildman–Crippen LogP) is 3.88. The number of benzene rings is 1. The van der Waals surface area contributed by atoms with E-state index < -0.39 is 5.60 Å². The predicted molar refractivity (Wildman–Crippen MR) is 90.5 cm³/mol. The molecule has 5 heteroatoms. The molecular formula is C18H26N2O3. The largest absolute Gasteiger partial charge is 0.494 e. The Morgan fingerprint density at radius 1 is 1.30 bits per heavy atom. The summed E-state index contributed by atoms with van der Waals surface area (Å²) >= 11 is 0. The minimum absolute atomic E-state index is 0.228. The Balaban J connectivity index is 2.96. The van der Waals surface area contributed by atoms with Gasteiger partial charge in [-0.15, -0.1) is 0 Å². The van der Waals surface area contributed by atoms with Gasteiger partial charge in [0.1, 0.15) is 17.4 Å². The summed E-state index contributed by atoms with van der Waals surface area (Å²) in [6, 6.07) is 7.15. The molecule has 23 heavy (non-hydrogen) atoms. The SMILES string of the molecule is CCCO[C@](C)(CCC)C(=O)Nc1ccc(OCC)cc1C#N. The third-order valence-corrected chi connectivity index (χ3v) is 3.50. The number of carbonyl (C=O) groups excluding carboxylic acids is 1. The second-order valence-electron chi connectivity index (χ2n) is 5.54. The van der Waals surface area contributed by atoms with Crippen molar-refractivity contribution >= 4 is 11.6 Å². The van der Waals surface area contributed by atoms with E-state index in [1.807, 2.05) is 20.8 Å². The van der Waals surface area contributed by atoms with Crippen LogP contribution in [0.15, 0.2) is 18.2 Å². The number of carbonyl (C=O) groups is 1. The van der Waals surface area contributed by atoms with Crippen LogP contribution in [0.4, 0.5) is 5.69 Å². The quantitative estimate of drug-likeness (QED) is 0.750. The molecule has 0 fully saturated rings. The van der Waals surface area contributed by atoms with Crippen molar-refractivity contribution in [2.45, 2.75) is 52.6 Å². The van der Waals surface area contributed by atoms with Crippen molar-refractivity contribution in [3.05, 3.63) is 23.8 Å². The van der Waals surface area contributed by atoms with Gasteiger partial charge in [0.15, 0.2) is 0 Å². The molecule has 0 aromatic heterocycles. The first-order valence-electron chi connectivity index (χ1n) is 8.13. The normalized spacial score (nSPS) is 13.0. The lowest BCUT2D eigenvalue weighted by Crippen LogP contribution is -2.43. The molecule has 126 valence electrons. The minimum atomic E-state index is -0.893. The van der Waals surface area contributed by atoms with Gasteiger partial charge >= 0.3 is 0 Å². The van der Waals surface area contributed by atoms with Crippen LogP contribution in [-0.4, -0.2) is 24.7 Å². The van der Waals surface area contributed by atoms with Crippen LogP contribution in [0.5, 0.6) is 5.75 Å². The van der Waals surface area contributed by atoms with Crippen LogP contribution in [0, 0.1) is 11.3 Å². The number of amides is 1. The monoisotopic (exact) mass is 318 g/mol. The van der Waals surface area contributed by atoms with E-state index in [0.717, 1.165) is 12.8 Å². The second-order valence-corrected chi connectivity index (χ2v) is 5.54. The number of hydrogen-bond acceptors (Lipinski definition) is 4. The average Bonchev–Trinajstić information content (AvgIpc) is 2.54. The number of hydrogen-bond donors (Lipinski definition) is 1. The lowest BCUT2D eigenvalue weighted by Gasteiger charge is -2.28. The highest BCUT2D eigenvalue weighted by Gasteiger charge is 2.33. The molecule has 0 aliphatic heterocycles. The Bertz CT molecular complexity index is 566. The zero-order chi connectivity index (χ0) is 17.3. The summed E-state index contributed by atoms with van der Waals surface area (Å²) in [5, 5.41) is 12.1. The maximum absolute atomic E-state index is 12.6. The molecule has 1 atom stereocenters. The Hall–Kier alpha value is -2.06. The molecule has 0 aliphatic rings. The zero-order valence-corrected chi connectivity index (χ0v) is 14.4. The van der Waals surface area contributed by atoms with Gasteiger partial charge in [-0.3, -0.25) is 4.79 Å². The van der Waals surface area contributed by atoms with Crippen molar-refractivity contribution in [1.82, 2.24) is 0 Å². The topological polar surface area (TPSA) is 71.3 Å². The van der Waals surface area contributed by atoms with Crippen molar-refractivity contribution in [2.24, 2.45) is 0 Å². The highest BCUT2D eigenvalue weighted by Crippen LogP contribution is 2.25. The first-order chi connectivity index (χ1) is 11.0. The summed E-state index contributed by atoms with van der Waals surface area (Å²) in [4.78, 5) is 12.6. The van der Waals surface area contributed by atoms with Gasteiger partial charge < -0.3 is 14.8 Å². The van der Waals surface area contributed by atoms with Crippen molar-refractivity contribution in [2.75, 3.05) is 18.5 Å². The van der Waals surface area contributed by atoms with Gasteiger partial charge in [0.2, 0.25) is 0 Å². The standard InChI is InChI=1S/C18H26N2O3/c1-5-10-18(4,23-11-6-2)17(21)20-16-9-8-15(22-7-3)12-14(16)13-19/h8-9,12H,5-7,10-11H2,1-4H3,(H,20,21)/t18-/m1/s1. The maximum Gasteiger partial charge on any atom is 0.256 e. The lowest BCUT2D eigenvalue weighted by atomic mass is 9.98. The van der Waals surface area contributed by atoms with Crippen LogP contribution in [-0.2, 0) is 9.53 Å². The highest BCUT2D eigenvalue weighted by atomic mass is 16.5. The molecular weight excluding hydrogens is 292 g/mol. The third kappa shape index (κ3) is 5.26. The fourth-order valence-corrected chi connectivity index (χ4v) is 2.29. The third-order valence-electron chi connectivity index (χ3n) is 3.50. The number of nitrogens with one attached hydrogen (secondary N) is 1. The molecule has 1 amide bonds. The Morgan fingerprint density at radius 3 is 2.61 bits per heavy atom. The van der Waals surface area contributed by atoms with Crippen LogP contribution in [0.3, 0.4) is 0 Å². The molecule has 0 heterocycles. The molecule has 0 saturated heterocycles. The summed E-state index contributed by atoms with van der Waals surface area (Å²) in [6.45, 7) is 8.74. The van der Waals surface area contributed by atoms with Crippen molar-refractivity contribution in [1.29, 1.82) is 5.26 Å². The molecule has 0 bridgehead atoms. The lowest BCUT2D eigenvalue weighted by molar-refractivity contribution is -0.140. The number of rotatable bonds is 9. The molecule has 1 N–H and O–H groups in total. The molecule has 0 saturated carbocycles.